The normalized spacial score (nSPS) is 43.9. The Balaban J connectivity index is 1.73. The maximum Gasteiger partial charge on any atom is 0.0740 e. The maximum absolute atomic E-state index is 10.9. The zero-order valence-corrected chi connectivity index (χ0v) is 19.0. The lowest BCUT2D eigenvalue weighted by Gasteiger charge is -2.57. The van der Waals surface area contributed by atoms with E-state index in [9.17, 15) is 15.3 Å². The second kappa shape index (κ2) is 7.39. The summed E-state index contributed by atoms with van der Waals surface area (Å²) in [7, 11) is 0. The predicted molar refractivity (Wildman–Crippen MR) is 115 cm³/mol. The van der Waals surface area contributed by atoms with Gasteiger partial charge in [0.2, 0.25) is 0 Å². The molecule has 0 aromatic carbocycles. The van der Waals surface area contributed by atoms with Gasteiger partial charge in [-0.05, 0) is 73.0 Å². The Morgan fingerprint density at radius 2 is 1.86 bits per heavy atom. The molecule has 3 unspecified atom stereocenters. The second-order valence-electron chi connectivity index (χ2n) is 12.1. The molecule has 0 aliphatic heterocycles. The van der Waals surface area contributed by atoms with Crippen molar-refractivity contribution in [3.05, 3.63) is 12.2 Å². The molecule has 0 saturated heterocycles. The summed E-state index contributed by atoms with van der Waals surface area (Å²) in [5.41, 5.74) is -0.383. The zero-order chi connectivity index (χ0) is 21.0. The minimum atomic E-state index is -0.684. The van der Waals surface area contributed by atoms with E-state index >= 15 is 0 Å². The van der Waals surface area contributed by atoms with Gasteiger partial charge in [-0.25, -0.2) is 0 Å². The van der Waals surface area contributed by atoms with Crippen molar-refractivity contribution < 1.29 is 15.3 Å². The first-order valence-electron chi connectivity index (χ1n) is 11.6. The largest absolute Gasteiger partial charge is 0.393 e. The molecule has 162 valence electrons. The van der Waals surface area contributed by atoms with Gasteiger partial charge in [0.05, 0.1) is 17.8 Å². The number of rotatable bonds is 6. The lowest BCUT2D eigenvalue weighted by molar-refractivity contribution is -0.183. The molecule has 0 aromatic rings. The molecular weight excluding hydrogens is 348 g/mol. The first kappa shape index (κ1) is 22.3. The van der Waals surface area contributed by atoms with Crippen molar-refractivity contribution in [1.82, 2.24) is 0 Å². The van der Waals surface area contributed by atoms with Crippen LogP contribution in [0.5, 0.6) is 0 Å². The molecule has 0 aromatic heterocycles. The average molecular weight is 393 g/mol. The lowest BCUT2D eigenvalue weighted by Crippen LogP contribution is -2.59. The molecule has 0 amide bonds. The van der Waals surface area contributed by atoms with Crippen LogP contribution in [-0.2, 0) is 0 Å². The minimum Gasteiger partial charge on any atom is -0.393 e. The van der Waals surface area contributed by atoms with Gasteiger partial charge in [-0.3, -0.25) is 0 Å². The molecule has 3 heteroatoms. The van der Waals surface area contributed by atoms with Gasteiger partial charge in [0, 0.05) is 12.3 Å². The molecule has 28 heavy (non-hydrogen) atoms. The van der Waals surface area contributed by atoms with Crippen molar-refractivity contribution >= 4 is 0 Å². The molecule has 3 aliphatic carbocycles. The summed E-state index contributed by atoms with van der Waals surface area (Å²) < 4.78 is 0. The van der Waals surface area contributed by atoms with E-state index in [1.165, 1.54) is 12.8 Å². The van der Waals surface area contributed by atoms with Crippen LogP contribution in [0.1, 0.15) is 92.9 Å². The topological polar surface area (TPSA) is 60.7 Å². The molecule has 3 fully saturated rings. The Bertz CT molecular complexity index is 587. The van der Waals surface area contributed by atoms with Crippen molar-refractivity contribution in [2.75, 3.05) is 0 Å². The molecular formula is C25H44O3. The Labute approximate surface area is 172 Å². The van der Waals surface area contributed by atoms with Crippen LogP contribution in [0.4, 0.5) is 0 Å². The molecule has 3 N–H and O–H groups in total. The minimum absolute atomic E-state index is 0.0605. The average Bonchev–Trinajstić information content (AvgIpc) is 2.77. The fourth-order valence-electron chi connectivity index (χ4n) is 6.43. The molecule has 3 aliphatic rings. The maximum atomic E-state index is 10.9. The van der Waals surface area contributed by atoms with E-state index in [-0.39, 0.29) is 34.4 Å². The van der Waals surface area contributed by atoms with Crippen LogP contribution in [0.25, 0.3) is 0 Å². The van der Waals surface area contributed by atoms with E-state index in [4.69, 9.17) is 0 Å². The fraction of sp³-hybridized carbons (Fsp3) is 0.920. The van der Waals surface area contributed by atoms with Crippen LogP contribution in [0.3, 0.4) is 0 Å². The lowest BCUT2D eigenvalue weighted by atomic mass is 9.52. The molecule has 0 heterocycles. The summed E-state index contributed by atoms with van der Waals surface area (Å²) >= 11 is 0. The predicted octanol–water partition coefficient (Wildman–Crippen LogP) is 5.08. The summed E-state index contributed by atoms with van der Waals surface area (Å²) in [5.74, 6) is 1.32. The van der Waals surface area contributed by atoms with E-state index in [1.54, 1.807) is 0 Å². The number of aliphatic hydroxyl groups is 3. The van der Waals surface area contributed by atoms with Gasteiger partial charge in [-0.1, -0.05) is 53.7 Å². The van der Waals surface area contributed by atoms with Crippen molar-refractivity contribution in [1.29, 1.82) is 0 Å². The van der Waals surface area contributed by atoms with E-state index in [1.807, 2.05) is 0 Å². The number of fused-ring (bicyclic) bond motifs is 2. The highest BCUT2D eigenvalue weighted by molar-refractivity contribution is 5.20. The summed E-state index contributed by atoms with van der Waals surface area (Å²) in [6.07, 6.45) is 11.8. The molecule has 3 nitrogen and oxygen atoms in total. The van der Waals surface area contributed by atoms with Crippen LogP contribution < -0.4 is 0 Å². The number of hydrogen-bond acceptors (Lipinski definition) is 3. The van der Waals surface area contributed by atoms with Crippen LogP contribution in [0.15, 0.2) is 12.2 Å². The van der Waals surface area contributed by atoms with Gasteiger partial charge in [0.25, 0.3) is 0 Å². The number of aliphatic hydroxyl groups excluding tert-OH is 2. The molecule has 7 atom stereocenters. The summed E-state index contributed by atoms with van der Waals surface area (Å²) in [6, 6.07) is 0. The van der Waals surface area contributed by atoms with Gasteiger partial charge >= 0.3 is 0 Å². The third kappa shape index (κ3) is 3.84. The Morgan fingerprint density at radius 1 is 1.18 bits per heavy atom. The third-order valence-electron chi connectivity index (χ3n) is 9.17. The quantitative estimate of drug-likeness (QED) is 0.552. The monoisotopic (exact) mass is 392 g/mol. The first-order chi connectivity index (χ1) is 12.8. The Kier molecular flexibility index (Phi) is 5.89. The molecule has 0 radical (unpaired) electrons. The van der Waals surface area contributed by atoms with E-state index in [0.717, 1.165) is 32.1 Å². The Morgan fingerprint density at radius 3 is 2.39 bits per heavy atom. The first-order valence-corrected chi connectivity index (χ1v) is 11.6. The smallest absolute Gasteiger partial charge is 0.0740 e. The van der Waals surface area contributed by atoms with Gasteiger partial charge in [0.15, 0.2) is 0 Å². The number of allylic oxidation sites excluding steroid dienone is 1. The molecule has 3 rings (SSSR count). The summed E-state index contributed by atoms with van der Waals surface area (Å²) in [5, 5.41) is 31.4. The van der Waals surface area contributed by atoms with Crippen molar-refractivity contribution in [2.45, 2.75) is 111 Å². The number of hydrogen-bond donors (Lipinski definition) is 3. The van der Waals surface area contributed by atoms with Crippen LogP contribution in [-0.4, -0.2) is 33.1 Å². The van der Waals surface area contributed by atoms with Gasteiger partial charge in [0.1, 0.15) is 0 Å². The van der Waals surface area contributed by atoms with Gasteiger partial charge in [-0.15, -0.1) is 0 Å². The molecule has 3 saturated carbocycles. The molecule has 0 spiro atoms. The van der Waals surface area contributed by atoms with Crippen molar-refractivity contribution in [2.24, 2.45) is 34.0 Å². The third-order valence-corrected chi connectivity index (χ3v) is 9.17. The van der Waals surface area contributed by atoms with Gasteiger partial charge in [-0.2, -0.15) is 0 Å². The van der Waals surface area contributed by atoms with Crippen molar-refractivity contribution in [3.63, 3.8) is 0 Å². The van der Waals surface area contributed by atoms with E-state index in [2.05, 4.69) is 53.7 Å². The highest BCUT2D eigenvalue weighted by Crippen LogP contribution is 2.61. The van der Waals surface area contributed by atoms with E-state index < -0.39 is 5.60 Å². The fourth-order valence-corrected chi connectivity index (χ4v) is 6.43. The Hall–Kier alpha value is -0.380. The zero-order valence-electron chi connectivity index (χ0n) is 19.0. The highest BCUT2D eigenvalue weighted by atomic mass is 16.3. The molecule has 2 bridgehead atoms. The SMILES string of the molecule is CC1CC[C@](C=CC2C3C[C@@H](O)C[C@]2(O)C3)(CCC[C@H](O)C(C)(C)C)C1(C)C. The summed E-state index contributed by atoms with van der Waals surface area (Å²) in [4.78, 5) is 0. The van der Waals surface area contributed by atoms with Crippen LogP contribution in [0.2, 0.25) is 0 Å². The van der Waals surface area contributed by atoms with Crippen LogP contribution >= 0.6 is 0 Å². The van der Waals surface area contributed by atoms with Gasteiger partial charge < -0.3 is 15.3 Å². The highest BCUT2D eigenvalue weighted by Gasteiger charge is 2.57. The van der Waals surface area contributed by atoms with Crippen molar-refractivity contribution in [3.8, 4) is 0 Å². The second-order valence-corrected chi connectivity index (χ2v) is 12.1. The van der Waals surface area contributed by atoms with Crippen LogP contribution in [0, 0.1) is 34.0 Å². The van der Waals surface area contributed by atoms with E-state index in [0.29, 0.717) is 18.3 Å². The standard InChI is InChI=1S/C25H44O3/c1-17-9-12-24(23(17,5)6,11-7-8-21(27)22(2,3)4)13-10-20-18-14-19(26)16-25(20,28)15-18/h10,13,17-21,26-28H,7-9,11-12,14-16H2,1-6H3/t17?,18?,19-,20?,21+,24+,25-/m1/s1. The summed E-state index contributed by atoms with van der Waals surface area (Å²) in [6.45, 7) is 13.5.